The van der Waals surface area contributed by atoms with Gasteiger partial charge in [0.25, 0.3) is 0 Å². The van der Waals surface area contributed by atoms with Crippen molar-refractivity contribution in [3.05, 3.63) is 51.8 Å². The average molecular weight is 458 g/mol. The molecule has 4 N–H and O–H groups in total. The summed E-state index contributed by atoms with van der Waals surface area (Å²) >= 11 is 2.94. The largest absolute Gasteiger partial charge is 0.432 e. The number of hydrogen-bond acceptors (Lipinski definition) is 4. The highest BCUT2D eigenvalue weighted by Crippen LogP contribution is 2.31. The van der Waals surface area contributed by atoms with Crippen LogP contribution in [0.1, 0.15) is 0 Å². The summed E-state index contributed by atoms with van der Waals surface area (Å²) in [7, 11) is 0. The van der Waals surface area contributed by atoms with Gasteiger partial charge in [0.1, 0.15) is 0 Å². The van der Waals surface area contributed by atoms with Gasteiger partial charge in [-0.1, -0.05) is 0 Å². The van der Waals surface area contributed by atoms with Crippen LogP contribution in [0.15, 0.2) is 28.7 Å². The van der Waals surface area contributed by atoms with E-state index in [1.54, 1.807) is 0 Å². The fourth-order valence-electron chi connectivity index (χ4n) is 1.57. The molecule has 146 valence electrons. The summed E-state index contributed by atoms with van der Waals surface area (Å²) in [5, 5.41) is 0. The molecule has 0 saturated heterocycles. The van der Waals surface area contributed by atoms with Crippen molar-refractivity contribution in [1.82, 2.24) is 0 Å². The van der Waals surface area contributed by atoms with Gasteiger partial charge in [0.2, 0.25) is 5.69 Å². The van der Waals surface area contributed by atoms with E-state index in [1.165, 1.54) is 0 Å². The fraction of sp³-hybridized carbons (Fsp3) is 0.133. The molecular weight excluding hydrogens is 448 g/mol. The number of benzene rings is 2. The van der Waals surface area contributed by atoms with Gasteiger partial charge >= 0.3 is 13.2 Å². The van der Waals surface area contributed by atoms with E-state index in [0.29, 0.717) is 4.47 Å². The highest BCUT2D eigenvalue weighted by Gasteiger charge is 2.13. The minimum Gasteiger partial charge on any atom is -0.432 e. The second-order valence-electron chi connectivity index (χ2n) is 4.51. The first-order valence-corrected chi connectivity index (χ1v) is 7.45. The molecule has 0 fully saturated rings. The maximum atomic E-state index is 12.9. The SMILES string of the molecule is Nc1cc(OC(F)F)c(F)cc1Br.[C-]#[N+]c1cc(F)c(OC(F)F)cc1N. The van der Waals surface area contributed by atoms with Crippen molar-refractivity contribution in [2.45, 2.75) is 13.2 Å². The molecule has 0 aliphatic carbocycles. The smallest absolute Gasteiger partial charge is 0.387 e. The average Bonchev–Trinajstić information content (AvgIpc) is 2.55. The summed E-state index contributed by atoms with van der Waals surface area (Å²) in [5.74, 6) is -3.15. The number of ether oxygens (including phenoxy) is 2. The number of hydrogen-bond donors (Lipinski definition) is 2. The molecule has 5 nitrogen and oxygen atoms in total. The summed E-state index contributed by atoms with van der Waals surface area (Å²) in [4.78, 5) is 2.89. The standard InChI is InChI=1S/C8H5F3N2O.C7H5BrF3NO/c1-13-6-2-4(9)7(3-5(6)12)14-8(10)11;8-3-1-4(9)6(2-5(3)12)13-7(10)11/h2-3,8H,12H2;1-2,7H,12H2. The molecule has 0 aromatic heterocycles. The molecule has 2 aromatic carbocycles. The van der Waals surface area contributed by atoms with Crippen LogP contribution in [0.3, 0.4) is 0 Å². The van der Waals surface area contributed by atoms with Crippen molar-refractivity contribution in [3.8, 4) is 11.5 Å². The first-order valence-electron chi connectivity index (χ1n) is 6.65. The number of alkyl halides is 4. The molecule has 2 rings (SSSR count). The zero-order valence-corrected chi connectivity index (χ0v) is 14.6. The monoisotopic (exact) mass is 457 g/mol. The van der Waals surface area contributed by atoms with Crippen LogP contribution < -0.4 is 20.9 Å². The molecule has 0 radical (unpaired) electrons. The van der Waals surface area contributed by atoms with Gasteiger partial charge in [-0.05, 0) is 34.1 Å². The Balaban J connectivity index is 0.000000271. The van der Waals surface area contributed by atoms with Gasteiger partial charge < -0.3 is 20.9 Å². The number of nitrogens with two attached hydrogens (primary N) is 2. The first kappa shape index (κ1) is 22.2. The second kappa shape index (κ2) is 9.77. The van der Waals surface area contributed by atoms with E-state index in [9.17, 15) is 26.3 Å². The van der Waals surface area contributed by atoms with Crippen LogP contribution in [0.4, 0.5) is 43.4 Å². The van der Waals surface area contributed by atoms with Crippen molar-refractivity contribution >= 4 is 33.0 Å². The van der Waals surface area contributed by atoms with Gasteiger partial charge in [-0.2, -0.15) is 17.6 Å². The van der Waals surface area contributed by atoms with E-state index >= 15 is 0 Å². The normalized spacial score (nSPS) is 10.2. The second-order valence-corrected chi connectivity index (χ2v) is 5.37. The van der Waals surface area contributed by atoms with E-state index in [2.05, 4.69) is 30.2 Å². The van der Waals surface area contributed by atoms with Gasteiger partial charge in [0.15, 0.2) is 23.1 Å². The summed E-state index contributed by atoms with van der Waals surface area (Å²) in [6, 6.07) is 3.56. The lowest BCUT2D eigenvalue weighted by Gasteiger charge is -2.07. The Kier molecular flexibility index (Phi) is 8.04. The quantitative estimate of drug-likeness (QED) is 0.369. The third kappa shape index (κ3) is 6.78. The van der Waals surface area contributed by atoms with Crippen LogP contribution in [-0.4, -0.2) is 13.2 Å². The van der Waals surface area contributed by atoms with Gasteiger partial charge in [-0.25, -0.2) is 13.6 Å². The molecule has 0 atom stereocenters. The van der Waals surface area contributed by atoms with Crippen molar-refractivity contribution in [2.75, 3.05) is 11.5 Å². The Bertz CT molecular complexity index is 845. The maximum absolute atomic E-state index is 12.9. The topological polar surface area (TPSA) is 74.9 Å². The maximum Gasteiger partial charge on any atom is 0.387 e. The van der Waals surface area contributed by atoms with Crippen molar-refractivity contribution in [2.24, 2.45) is 0 Å². The van der Waals surface area contributed by atoms with Crippen LogP contribution in [-0.2, 0) is 0 Å². The lowest BCUT2D eigenvalue weighted by atomic mass is 10.2. The Morgan fingerprint density at radius 3 is 1.74 bits per heavy atom. The predicted molar refractivity (Wildman–Crippen MR) is 88.9 cm³/mol. The zero-order chi connectivity index (χ0) is 20.7. The molecule has 0 heterocycles. The number of anilines is 2. The molecule has 2 aromatic rings. The Morgan fingerprint density at radius 2 is 1.30 bits per heavy atom. The van der Waals surface area contributed by atoms with Crippen molar-refractivity contribution in [3.63, 3.8) is 0 Å². The zero-order valence-electron chi connectivity index (χ0n) is 13.0. The minimum atomic E-state index is -3.12. The van der Waals surface area contributed by atoms with Gasteiger partial charge in [0.05, 0.1) is 6.57 Å². The van der Waals surface area contributed by atoms with E-state index < -0.39 is 36.4 Å². The number of nitrogen functional groups attached to an aromatic ring is 2. The van der Waals surface area contributed by atoms with E-state index in [1.807, 2.05) is 0 Å². The van der Waals surface area contributed by atoms with Crippen LogP contribution in [0.5, 0.6) is 11.5 Å². The highest BCUT2D eigenvalue weighted by molar-refractivity contribution is 9.10. The van der Waals surface area contributed by atoms with E-state index in [4.69, 9.17) is 18.0 Å². The van der Waals surface area contributed by atoms with Gasteiger partial charge in [-0.15, -0.1) is 0 Å². The van der Waals surface area contributed by atoms with Gasteiger partial charge in [-0.3, -0.25) is 0 Å². The van der Waals surface area contributed by atoms with Crippen molar-refractivity contribution < 1.29 is 35.8 Å². The van der Waals surface area contributed by atoms with Crippen molar-refractivity contribution in [1.29, 1.82) is 0 Å². The lowest BCUT2D eigenvalue weighted by molar-refractivity contribution is -0.0527. The third-order valence-corrected chi connectivity index (χ3v) is 3.37. The summed E-state index contributed by atoms with van der Waals surface area (Å²) in [5.41, 5.74) is 10.5. The molecule has 0 bridgehead atoms. The first-order chi connectivity index (χ1) is 12.5. The van der Waals surface area contributed by atoms with E-state index in [0.717, 1.165) is 24.3 Å². The molecule has 0 aliphatic rings. The Hall–Kier alpha value is -2.81. The summed E-state index contributed by atoms with van der Waals surface area (Å²) in [6.45, 7) is 0.400. The van der Waals surface area contributed by atoms with Crippen LogP contribution in [0, 0.1) is 18.2 Å². The van der Waals surface area contributed by atoms with Crippen LogP contribution >= 0.6 is 15.9 Å². The molecule has 0 spiro atoms. The highest BCUT2D eigenvalue weighted by atomic mass is 79.9. The van der Waals surface area contributed by atoms with E-state index in [-0.39, 0.29) is 17.1 Å². The summed E-state index contributed by atoms with van der Waals surface area (Å²) in [6.07, 6.45) is 0. The Labute approximate surface area is 157 Å². The fourth-order valence-corrected chi connectivity index (χ4v) is 1.89. The molecule has 0 aliphatic heterocycles. The molecule has 12 heteroatoms. The van der Waals surface area contributed by atoms with Crippen LogP contribution in [0.25, 0.3) is 4.85 Å². The summed E-state index contributed by atoms with van der Waals surface area (Å²) < 4.78 is 80.6. The number of nitrogens with zero attached hydrogens (tertiary/aromatic N) is 1. The molecule has 0 saturated carbocycles. The molecule has 0 unspecified atom stereocenters. The van der Waals surface area contributed by atoms with Gasteiger partial charge in [0, 0.05) is 21.9 Å². The third-order valence-electron chi connectivity index (χ3n) is 2.68. The Morgan fingerprint density at radius 1 is 0.852 bits per heavy atom. The molecular formula is C15H10BrF6N3O2. The molecule has 27 heavy (non-hydrogen) atoms. The molecule has 0 amide bonds. The van der Waals surface area contributed by atoms with Crippen LogP contribution in [0.2, 0.25) is 0 Å². The number of rotatable bonds is 4. The predicted octanol–water partition coefficient (Wildman–Crippen LogP) is 5.33. The lowest BCUT2D eigenvalue weighted by Crippen LogP contribution is -2.04. The minimum absolute atomic E-state index is 0.1000. The number of halogens is 7.